The zero-order valence-corrected chi connectivity index (χ0v) is 13.4. The first-order chi connectivity index (χ1) is 11.3. The van der Waals surface area contributed by atoms with Crippen LogP contribution in [0.4, 0.5) is 0 Å². The summed E-state index contributed by atoms with van der Waals surface area (Å²) < 4.78 is 10.8. The van der Waals surface area contributed by atoms with E-state index in [1.165, 1.54) is 5.56 Å². The lowest BCUT2D eigenvalue weighted by atomic mass is 9.98. The van der Waals surface area contributed by atoms with E-state index in [4.69, 9.17) is 9.47 Å². The SMILES string of the molecule is O=C(/C=C/c1ccsc1)N1CC[C@@H](c2ccc3c(c2)OCO3)C1. The van der Waals surface area contributed by atoms with Crippen molar-refractivity contribution in [3.8, 4) is 11.5 Å². The zero-order chi connectivity index (χ0) is 15.6. The molecular weight excluding hydrogens is 310 g/mol. The molecule has 23 heavy (non-hydrogen) atoms. The van der Waals surface area contributed by atoms with Gasteiger partial charge in [0.25, 0.3) is 0 Å². The van der Waals surface area contributed by atoms with Crippen LogP contribution in [0.15, 0.2) is 41.1 Å². The highest BCUT2D eigenvalue weighted by Crippen LogP contribution is 2.37. The fourth-order valence-electron chi connectivity index (χ4n) is 3.04. The number of benzene rings is 1. The van der Waals surface area contributed by atoms with E-state index < -0.39 is 0 Å². The number of ether oxygens (including phenoxy) is 2. The highest BCUT2D eigenvalue weighted by atomic mass is 32.1. The molecule has 0 unspecified atom stereocenters. The van der Waals surface area contributed by atoms with Crippen LogP contribution in [0.25, 0.3) is 6.08 Å². The summed E-state index contributed by atoms with van der Waals surface area (Å²) in [5.74, 6) is 2.06. The Morgan fingerprint density at radius 3 is 3.04 bits per heavy atom. The molecule has 3 heterocycles. The molecule has 0 spiro atoms. The number of nitrogens with zero attached hydrogens (tertiary/aromatic N) is 1. The molecule has 0 radical (unpaired) electrons. The summed E-state index contributed by atoms with van der Waals surface area (Å²) in [5, 5.41) is 4.04. The Hall–Kier alpha value is -2.27. The Labute approximate surface area is 138 Å². The van der Waals surface area contributed by atoms with Gasteiger partial charge < -0.3 is 14.4 Å². The normalized spacial score (nSPS) is 19.7. The van der Waals surface area contributed by atoms with E-state index in [0.717, 1.165) is 36.6 Å². The Bertz CT molecular complexity index is 739. The molecule has 0 N–H and O–H groups in total. The van der Waals surface area contributed by atoms with Crippen LogP contribution in [-0.2, 0) is 4.79 Å². The monoisotopic (exact) mass is 327 g/mol. The number of fused-ring (bicyclic) bond motifs is 1. The maximum absolute atomic E-state index is 12.3. The van der Waals surface area contributed by atoms with E-state index in [2.05, 4.69) is 6.07 Å². The number of hydrogen-bond acceptors (Lipinski definition) is 4. The minimum absolute atomic E-state index is 0.0828. The number of amides is 1. The van der Waals surface area contributed by atoms with Gasteiger partial charge >= 0.3 is 0 Å². The predicted octanol–water partition coefficient (Wildman–Crippen LogP) is 3.51. The second-order valence-electron chi connectivity index (χ2n) is 5.77. The fourth-order valence-corrected chi connectivity index (χ4v) is 3.67. The number of carbonyl (C=O) groups is 1. The molecule has 2 aromatic rings. The molecule has 1 amide bonds. The lowest BCUT2D eigenvalue weighted by molar-refractivity contribution is -0.124. The number of hydrogen-bond donors (Lipinski definition) is 0. The second kappa shape index (κ2) is 6.08. The van der Waals surface area contributed by atoms with Gasteiger partial charge in [-0.3, -0.25) is 4.79 Å². The number of rotatable bonds is 3. The molecule has 1 saturated heterocycles. The predicted molar refractivity (Wildman–Crippen MR) is 89.9 cm³/mol. The number of likely N-dealkylation sites (tertiary alicyclic amines) is 1. The first-order valence-electron chi connectivity index (χ1n) is 7.68. The molecule has 1 aromatic heterocycles. The van der Waals surface area contributed by atoms with Crippen LogP contribution in [0.3, 0.4) is 0 Å². The maximum Gasteiger partial charge on any atom is 0.246 e. The first kappa shape index (κ1) is 14.3. The highest BCUT2D eigenvalue weighted by Gasteiger charge is 2.27. The molecule has 1 aromatic carbocycles. The van der Waals surface area contributed by atoms with Gasteiger partial charge in [-0.05, 0) is 52.6 Å². The lowest BCUT2D eigenvalue weighted by Gasteiger charge is -2.15. The van der Waals surface area contributed by atoms with Crippen LogP contribution >= 0.6 is 11.3 Å². The van der Waals surface area contributed by atoms with Crippen molar-refractivity contribution in [1.82, 2.24) is 4.90 Å². The third-order valence-corrected chi connectivity index (χ3v) is 5.03. The first-order valence-corrected chi connectivity index (χ1v) is 8.62. The molecule has 0 saturated carbocycles. The van der Waals surface area contributed by atoms with Crippen LogP contribution in [0.2, 0.25) is 0 Å². The third kappa shape index (κ3) is 2.97. The van der Waals surface area contributed by atoms with Crippen molar-refractivity contribution in [2.75, 3.05) is 19.9 Å². The smallest absolute Gasteiger partial charge is 0.246 e. The molecule has 1 atom stereocenters. The van der Waals surface area contributed by atoms with Gasteiger partial charge in [0, 0.05) is 25.1 Å². The third-order valence-electron chi connectivity index (χ3n) is 4.33. The van der Waals surface area contributed by atoms with E-state index >= 15 is 0 Å². The summed E-state index contributed by atoms with van der Waals surface area (Å²) in [6.07, 6.45) is 4.54. The van der Waals surface area contributed by atoms with Gasteiger partial charge in [-0.15, -0.1) is 0 Å². The van der Waals surface area contributed by atoms with Gasteiger partial charge in [-0.25, -0.2) is 0 Å². The quantitative estimate of drug-likeness (QED) is 0.810. The topological polar surface area (TPSA) is 38.8 Å². The van der Waals surface area contributed by atoms with E-state index in [9.17, 15) is 4.79 Å². The summed E-state index contributed by atoms with van der Waals surface area (Å²) in [6, 6.07) is 8.09. The van der Waals surface area contributed by atoms with Crippen molar-refractivity contribution < 1.29 is 14.3 Å². The number of thiophene rings is 1. The van der Waals surface area contributed by atoms with Gasteiger partial charge in [0.1, 0.15) is 0 Å². The molecule has 0 aliphatic carbocycles. The van der Waals surface area contributed by atoms with Crippen molar-refractivity contribution >= 4 is 23.3 Å². The van der Waals surface area contributed by atoms with Crippen molar-refractivity contribution in [1.29, 1.82) is 0 Å². The van der Waals surface area contributed by atoms with Gasteiger partial charge in [0.05, 0.1) is 0 Å². The Morgan fingerprint density at radius 2 is 2.17 bits per heavy atom. The summed E-state index contributed by atoms with van der Waals surface area (Å²) >= 11 is 1.63. The van der Waals surface area contributed by atoms with E-state index in [0.29, 0.717) is 12.7 Å². The molecule has 118 valence electrons. The van der Waals surface area contributed by atoms with Crippen LogP contribution in [0, 0.1) is 0 Å². The molecule has 5 heteroatoms. The largest absolute Gasteiger partial charge is 0.454 e. The second-order valence-corrected chi connectivity index (χ2v) is 6.55. The standard InChI is InChI=1S/C18H17NO3S/c20-18(4-1-13-6-8-23-11-13)19-7-5-15(10-19)14-2-3-16-17(9-14)22-12-21-16/h1-4,6,8-9,11,15H,5,7,10,12H2/b4-1+/t15-/m1/s1. The van der Waals surface area contributed by atoms with Gasteiger partial charge in [-0.1, -0.05) is 6.07 Å². The van der Waals surface area contributed by atoms with Gasteiger partial charge in [0.15, 0.2) is 11.5 Å². The van der Waals surface area contributed by atoms with Crippen molar-refractivity contribution in [3.05, 3.63) is 52.2 Å². The summed E-state index contributed by atoms with van der Waals surface area (Å²) in [6.45, 7) is 1.85. The summed E-state index contributed by atoms with van der Waals surface area (Å²) in [4.78, 5) is 14.2. The van der Waals surface area contributed by atoms with E-state index in [1.807, 2.05) is 39.9 Å². The van der Waals surface area contributed by atoms with Crippen LogP contribution in [-0.4, -0.2) is 30.7 Å². The summed E-state index contributed by atoms with van der Waals surface area (Å²) in [7, 11) is 0. The van der Waals surface area contributed by atoms with E-state index in [1.54, 1.807) is 17.4 Å². The molecular formula is C18H17NO3S. The average molecular weight is 327 g/mol. The average Bonchev–Trinajstić information content (AvgIpc) is 3.32. The van der Waals surface area contributed by atoms with Crippen molar-refractivity contribution in [3.63, 3.8) is 0 Å². The lowest BCUT2D eigenvalue weighted by Crippen LogP contribution is -2.26. The Balaban J connectivity index is 1.41. The molecule has 4 rings (SSSR count). The fraction of sp³-hybridized carbons (Fsp3) is 0.278. The Morgan fingerprint density at radius 1 is 1.26 bits per heavy atom. The Kier molecular flexibility index (Phi) is 3.79. The maximum atomic E-state index is 12.3. The minimum atomic E-state index is 0.0828. The highest BCUT2D eigenvalue weighted by molar-refractivity contribution is 7.08. The minimum Gasteiger partial charge on any atom is -0.454 e. The van der Waals surface area contributed by atoms with Crippen LogP contribution < -0.4 is 9.47 Å². The molecule has 4 nitrogen and oxygen atoms in total. The molecule has 2 aliphatic heterocycles. The summed E-state index contributed by atoms with van der Waals surface area (Å²) in [5.41, 5.74) is 2.29. The zero-order valence-electron chi connectivity index (χ0n) is 12.6. The molecule has 1 fully saturated rings. The van der Waals surface area contributed by atoms with E-state index in [-0.39, 0.29) is 5.91 Å². The van der Waals surface area contributed by atoms with Crippen molar-refractivity contribution in [2.45, 2.75) is 12.3 Å². The van der Waals surface area contributed by atoms with Crippen molar-refractivity contribution in [2.24, 2.45) is 0 Å². The van der Waals surface area contributed by atoms with Gasteiger partial charge in [-0.2, -0.15) is 11.3 Å². The van der Waals surface area contributed by atoms with Crippen LogP contribution in [0.5, 0.6) is 11.5 Å². The molecule has 0 bridgehead atoms. The molecule has 2 aliphatic rings. The number of carbonyl (C=O) groups excluding carboxylic acids is 1. The van der Waals surface area contributed by atoms with Crippen LogP contribution in [0.1, 0.15) is 23.5 Å². The van der Waals surface area contributed by atoms with Gasteiger partial charge in [0.2, 0.25) is 12.7 Å².